The quantitative estimate of drug-likeness (QED) is 0.321. The van der Waals surface area contributed by atoms with Gasteiger partial charge in [0.2, 0.25) is 0 Å². The lowest BCUT2D eigenvalue weighted by Crippen LogP contribution is -2.51. The minimum absolute atomic E-state index is 0. The van der Waals surface area contributed by atoms with Crippen LogP contribution in [0.1, 0.15) is 37.8 Å². The number of rotatable bonds is 7. The van der Waals surface area contributed by atoms with Gasteiger partial charge in [-0.1, -0.05) is 42.5 Å². The van der Waals surface area contributed by atoms with Crippen molar-refractivity contribution < 1.29 is 4.74 Å². The standard InChI is InChI=1S/C24H34N4O.HI/c1-4-25-24(26-17-21-11-8-12-23(16-21)29-3)27-22-13-14-28(19(2)15-22)18-20-9-6-5-7-10-20;/h5-12,16,19,22H,4,13-15,17-18H2,1-3H3,(H2,25,26,27);1H. The molecule has 2 atom stereocenters. The lowest BCUT2D eigenvalue weighted by Gasteiger charge is -2.38. The van der Waals surface area contributed by atoms with Crippen molar-refractivity contribution in [3.8, 4) is 5.75 Å². The second-order valence-electron chi connectivity index (χ2n) is 7.72. The zero-order chi connectivity index (χ0) is 20.5. The summed E-state index contributed by atoms with van der Waals surface area (Å²) in [6.45, 7) is 8.05. The first-order chi connectivity index (χ1) is 14.2. The fraction of sp³-hybridized carbons (Fsp3) is 0.458. The minimum Gasteiger partial charge on any atom is -0.497 e. The van der Waals surface area contributed by atoms with Crippen LogP contribution in [0.4, 0.5) is 0 Å². The van der Waals surface area contributed by atoms with E-state index in [9.17, 15) is 0 Å². The van der Waals surface area contributed by atoms with Crippen LogP contribution < -0.4 is 15.4 Å². The highest BCUT2D eigenvalue weighted by atomic mass is 127. The van der Waals surface area contributed by atoms with E-state index in [4.69, 9.17) is 9.73 Å². The van der Waals surface area contributed by atoms with Gasteiger partial charge in [-0.15, -0.1) is 24.0 Å². The SMILES string of the molecule is CCNC(=NCc1cccc(OC)c1)NC1CCN(Cc2ccccc2)C(C)C1.I. The summed E-state index contributed by atoms with van der Waals surface area (Å²) in [5.41, 5.74) is 2.53. The van der Waals surface area contributed by atoms with Crippen LogP contribution in [0.15, 0.2) is 59.6 Å². The monoisotopic (exact) mass is 522 g/mol. The fourth-order valence-electron chi connectivity index (χ4n) is 3.86. The number of benzene rings is 2. The van der Waals surface area contributed by atoms with Crippen LogP contribution in [0.3, 0.4) is 0 Å². The van der Waals surface area contributed by atoms with Crippen molar-refractivity contribution in [2.75, 3.05) is 20.2 Å². The van der Waals surface area contributed by atoms with E-state index >= 15 is 0 Å². The third-order valence-corrected chi connectivity index (χ3v) is 5.48. The number of hydrogen-bond acceptors (Lipinski definition) is 3. The van der Waals surface area contributed by atoms with E-state index in [1.807, 2.05) is 18.2 Å². The number of halogens is 1. The van der Waals surface area contributed by atoms with Crippen LogP contribution in [0, 0.1) is 0 Å². The summed E-state index contributed by atoms with van der Waals surface area (Å²) in [5.74, 6) is 1.76. The topological polar surface area (TPSA) is 48.9 Å². The van der Waals surface area contributed by atoms with Gasteiger partial charge < -0.3 is 15.4 Å². The maximum atomic E-state index is 5.31. The summed E-state index contributed by atoms with van der Waals surface area (Å²) in [4.78, 5) is 7.37. The summed E-state index contributed by atoms with van der Waals surface area (Å²) < 4.78 is 5.31. The molecule has 0 radical (unpaired) electrons. The lowest BCUT2D eigenvalue weighted by molar-refractivity contribution is 0.134. The Labute approximate surface area is 198 Å². The molecule has 0 spiro atoms. The van der Waals surface area contributed by atoms with E-state index < -0.39 is 0 Å². The number of methoxy groups -OCH3 is 1. The first-order valence-corrected chi connectivity index (χ1v) is 10.6. The van der Waals surface area contributed by atoms with Gasteiger partial charge in [-0.05, 0) is 49.9 Å². The van der Waals surface area contributed by atoms with Gasteiger partial charge in [-0.3, -0.25) is 4.90 Å². The van der Waals surface area contributed by atoms with Gasteiger partial charge in [0.1, 0.15) is 5.75 Å². The molecule has 2 aromatic rings. The Morgan fingerprint density at radius 2 is 1.90 bits per heavy atom. The average Bonchev–Trinajstić information content (AvgIpc) is 2.75. The summed E-state index contributed by atoms with van der Waals surface area (Å²) in [5, 5.41) is 7.04. The maximum absolute atomic E-state index is 5.31. The third-order valence-electron chi connectivity index (χ3n) is 5.48. The van der Waals surface area contributed by atoms with Crippen LogP contribution in [0.5, 0.6) is 5.75 Å². The summed E-state index contributed by atoms with van der Waals surface area (Å²) in [6.07, 6.45) is 2.25. The highest BCUT2D eigenvalue weighted by Crippen LogP contribution is 2.20. The summed E-state index contributed by atoms with van der Waals surface area (Å²) in [7, 11) is 1.69. The van der Waals surface area contributed by atoms with Gasteiger partial charge in [0, 0.05) is 31.7 Å². The first-order valence-electron chi connectivity index (χ1n) is 10.6. The van der Waals surface area contributed by atoms with Crippen molar-refractivity contribution in [1.82, 2.24) is 15.5 Å². The Morgan fingerprint density at radius 3 is 2.60 bits per heavy atom. The molecule has 3 rings (SSSR count). The van der Waals surface area contributed by atoms with Crippen LogP contribution >= 0.6 is 24.0 Å². The number of aliphatic imine (C=N–C) groups is 1. The second kappa shape index (κ2) is 12.8. The normalized spacial score (nSPS) is 19.6. The first kappa shape index (κ1) is 24.5. The molecule has 0 bridgehead atoms. The number of ether oxygens (including phenoxy) is 1. The van der Waals surface area contributed by atoms with Crippen molar-refractivity contribution in [2.45, 2.75) is 51.9 Å². The molecule has 1 heterocycles. The van der Waals surface area contributed by atoms with Gasteiger partial charge >= 0.3 is 0 Å². The molecule has 1 aliphatic heterocycles. The van der Waals surface area contributed by atoms with E-state index in [0.29, 0.717) is 18.6 Å². The Morgan fingerprint density at radius 1 is 1.13 bits per heavy atom. The Kier molecular flexibility index (Phi) is 10.4. The van der Waals surface area contributed by atoms with E-state index in [1.54, 1.807) is 7.11 Å². The summed E-state index contributed by atoms with van der Waals surface area (Å²) in [6, 6.07) is 19.8. The maximum Gasteiger partial charge on any atom is 0.191 e. The zero-order valence-corrected chi connectivity index (χ0v) is 20.6. The molecular formula is C24H35IN4O. The number of nitrogens with zero attached hydrogens (tertiary/aromatic N) is 2. The molecule has 1 fully saturated rings. The zero-order valence-electron chi connectivity index (χ0n) is 18.3. The molecular weight excluding hydrogens is 487 g/mol. The molecule has 6 heteroatoms. The number of likely N-dealkylation sites (tertiary alicyclic amines) is 1. The van der Waals surface area contributed by atoms with Gasteiger partial charge in [0.05, 0.1) is 13.7 Å². The number of piperidine rings is 1. The Hall–Kier alpha value is -1.80. The molecule has 5 nitrogen and oxygen atoms in total. The minimum atomic E-state index is 0. The largest absolute Gasteiger partial charge is 0.497 e. The van der Waals surface area contributed by atoms with Gasteiger partial charge in [-0.25, -0.2) is 4.99 Å². The Balaban J connectivity index is 0.00000320. The molecule has 30 heavy (non-hydrogen) atoms. The highest BCUT2D eigenvalue weighted by Gasteiger charge is 2.25. The molecule has 0 aromatic heterocycles. The van der Waals surface area contributed by atoms with Crippen LogP contribution in [0.25, 0.3) is 0 Å². The van der Waals surface area contributed by atoms with Gasteiger partial charge in [0.15, 0.2) is 5.96 Å². The molecule has 2 aromatic carbocycles. The number of hydrogen-bond donors (Lipinski definition) is 2. The average molecular weight is 522 g/mol. The number of nitrogens with one attached hydrogen (secondary N) is 2. The number of guanidine groups is 1. The van der Waals surface area contributed by atoms with E-state index in [-0.39, 0.29) is 24.0 Å². The summed E-state index contributed by atoms with van der Waals surface area (Å²) >= 11 is 0. The van der Waals surface area contributed by atoms with Gasteiger partial charge in [0.25, 0.3) is 0 Å². The van der Waals surface area contributed by atoms with Crippen LogP contribution in [0.2, 0.25) is 0 Å². The van der Waals surface area contributed by atoms with Crippen LogP contribution in [-0.2, 0) is 13.1 Å². The van der Waals surface area contributed by atoms with Crippen molar-refractivity contribution in [1.29, 1.82) is 0 Å². The smallest absolute Gasteiger partial charge is 0.191 e. The lowest BCUT2D eigenvalue weighted by atomic mass is 9.97. The molecule has 2 N–H and O–H groups in total. The van der Waals surface area contributed by atoms with Gasteiger partial charge in [-0.2, -0.15) is 0 Å². The predicted molar refractivity (Wildman–Crippen MR) is 136 cm³/mol. The van der Waals surface area contributed by atoms with Crippen molar-refractivity contribution >= 4 is 29.9 Å². The third kappa shape index (κ3) is 7.47. The van der Waals surface area contributed by atoms with E-state index in [2.05, 4.69) is 65.8 Å². The van der Waals surface area contributed by atoms with Crippen molar-refractivity contribution in [2.24, 2.45) is 4.99 Å². The molecule has 2 unspecified atom stereocenters. The van der Waals surface area contributed by atoms with E-state index in [0.717, 1.165) is 49.7 Å². The molecule has 1 saturated heterocycles. The fourth-order valence-corrected chi connectivity index (χ4v) is 3.86. The second-order valence-corrected chi connectivity index (χ2v) is 7.72. The van der Waals surface area contributed by atoms with Crippen LogP contribution in [-0.4, -0.2) is 43.1 Å². The molecule has 1 aliphatic rings. The molecule has 0 saturated carbocycles. The van der Waals surface area contributed by atoms with Crippen molar-refractivity contribution in [3.05, 3.63) is 65.7 Å². The molecule has 0 aliphatic carbocycles. The molecule has 164 valence electrons. The Bertz CT molecular complexity index is 784. The highest BCUT2D eigenvalue weighted by molar-refractivity contribution is 14.0. The molecule has 0 amide bonds. The van der Waals surface area contributed by atoms with E-state index in [1.165, 1.54) is 5.56 Å². The van der Waals surface area contributed by atoms with Crippen molar-refractivity contribution in [3.63, 3.8) is 0 Å². The predicted octanol–water partition coefficient (Wildman–Crippen LogP) is 4.42.